The Morgan fingerprint density at radius 1 is 1.04 bits per heavy atom. The summed E-state index contributed by atoms with van der Waals surface area (Å²) in [5, 5.41) is 3.79. The largest absolute Gasteiger partial charge is 0.455 e. The number of esters is 1. The second-order valence-corrected chi connectivity index (χ2v) is 6.29. The lowest BCUT2D eigenvalue weighted by Crippen LogP contribution is -2.22. The van der Waals surface area contributed by atoms with Crippen molar-refractivity contribution in [3.8, 4) is 0 Å². The average Bonchev–Trinajstić information content (AvgIpc) is 2.55. The zero-order valence-corrected chi connectivity index (χ0v) is 15.0. The zero-order chi connectivity index (χ0) is 17.7. The fourth-order valence-electron chi connectivity index (χ4n) is 1.91. The predicted molar refractivity (Wildman–Crippen MR) is 95.9 cm³/mol. The van der Waals surface area contributed by atoms with Crippen molar-refractivity contribution in [2.45, 2.75) is 13.3 Å². The smallest absolute Gasteiger partial charge is 0.310 e. The second-order valence-electron chi connectivity index (χ2n) is 5.07. The van der Waals surface area contributed by atoms with Crippen molar-refractivity contribution in [1.82, 2.24) is 0 Å². The fraction of sp³-hybridized carbons (Fsp3) is 0.176. The standard InChI is InChI=1S/C17H14Cl3NO3/c1-10-2-7-13(19)17(16(10)20)21-14(22)9-24-15(23)8-11-3-5-12(18)6-4-11/h2-7H,8-9H2,1H3,(H,21,22). The molecule has 1 amide bonds. The summed E-state index contributed by atoms with van der Waals surface area (Å²) in [6.45, 7) is 1.37. The highest BCUT2D eigenvalue weighted by Gasteiger charge is 2.13. The molecule has 0 aliphatic carbocycles. The third kappa shape index (κ3) is 5.13. The van der Waals surface area contributed by atoms with E-state index in [-0.39, 0.29) is 6.42 Å². The van der Waals surface area contributed by atoms with E-state index in [1.165, 1.54) is 0 Å². The summed E-state index contributed by atoms with van der Waals surface area (Å²) in [7, 11) is 0. The molecule has 24 heavy (non-hydrogen) atoms. The molecule has 2 aromatic carbocycles. The number of hydrogen-bond acceptors (Lipinski definition) is 3. The molecule has 0 spiro atoms. The van der Waals surface area contributed by atoms with Gasteiger partial charge >= 0.3 is 5.97 Å². The average molecular weight is 387 g/mol. The molecular formula is C17H14Cl3NO3. The Kier molecular flexibility index (Phi) is 6.49. The predicted octanol–water partition coefficient (Wildman–Crippen LogP) is 4.68. The number of benzene rings is 2. The SMILES string of the molecule is Cc1ccc(Cl)c(NC(=O)COC(=O)Cc2ccc(Cl)cc2)c1Cl. The number of aryl methyl sites for hydroxylation is 1. The first-order valence-electron chi connectivity index (χ1n) is 7.01. The van der Waals surface area contributed by atoms with Crippen molar-refractivity contribution in [2.75, 3.05) is 11.9 Å². The lowest BCUT2D eigenvalue weighted by atomic mass is 10.1. The van der Waals surface area contributed by atoms with Crippen LogP contribution in [0, 0.1) is 6.92 Å². The van der Waals surface area contributed by atoms with Gasteiger partial charge in [0.2, 0.25) is 0 Å². The minimum absolute atomic E-state index is 0.0520. The van der Waals surface area contributed by atoms with Crippen molar-refractivity contribution < 1.29 is 14.3 Å². The summed E-state index contributed by atoms with van der Waals surface area (Å²) in [4.78, 5) is 23.7. The maximum Gasteiger partial charge on any atom is 0.310 e. The van der Waals surface area contributed by atoms with Gasteiger partial charge in [0.25, 0.3) is 5.91 Å². The van der Waals surface area contributed by atoms with Crippen LogP contribution in [0.4, 0.5) is 5.69 Å². The molecule has 0 heterocycles. The number of nitrogens with one attached hydrogen (secondary N) is 1. The number of amides is 1. The lowest BCUT2D eigenvalue weighted by Gasteiger charge is -2.11. The number of carbonyl (C=O) groups is 2. The van der Waals surface area contributed by atoms with E-state index in [1.807, 2.05) is 0 Å². The van der Waals surface area contributed by atoms with Crippen LogP contribution in [0.3, 0.4) is 0 Å². The van der Waals surface area contributed by atoms with Gasteiger partial charge in [0.05, 0.1) is 22.2 Å². The molecule has 2 aromatic rings. The minimum atomic E-state index is -0.520. The van der Waals surface area contributed by atoms with Crippen LogP contribution in [0.25, 0.3) is 0 Å². The molecule has 0 fully saturated rings. The van der Waals surface area contributed by atoms with Crippen molar-refractivity contribution in [1.29, 1.82) is 0 Å². The Balaban J connectivity index is 1.88. The van der Waals surface area contributed by atoms with E-state index < -0.39 is 18.5 Å². The fourth-order valence-corrected chi connectivity index (χ4v) is 2.50. The molecule has 1 N–H and O–H groups in total. The first kappa shape index (κ1) is 18.6. The van der Waals surface area contributed by atoms with Crippen LogP contribution in [0.5, 0.6) is 0 Å². The van der Waals surface area contributed by atoms with Crippen LogP contribution in [0.2, 0.25) is 15.1 Å². The maximum atomic E-state index is 11.9. The van der Waals surface area contributed by atoms with Gasteiger partial charge in [0.1, 0.15) is 0 Å². The number of carbonyl (C=O) groups excluding carboxylic acids is 2. The topological polar surface area (TPSA) is 55.4 Å². The summed E-state index contributed by atoms with van der Waals surface area (Å²) >= 11 is 17.9. The van der Waals surface area contributed by atoms with Gasteiger partial charge < -0.3 is 10.1 Å². The Labute approximate surface area is 154 Å². The quantitative estimate of drug-likeness (QED) is 0.759. The van der Waals surface area contributed by atoms with Crippen molar-refractivity contribution >= 4 is 52.4 Å². The van der Waals surface area contributed by atoms with E-state index >= 15 is 0 Å². The molecule has 4 nitrogen and oxygen atoms in total. The lowest BCUT2D eigenvalue weighted by molar-refractivity contribution is -0.146. The molecule has 0 aromatic heterocycles. The van der Waals surface area contributed by atoms with Crippen molar-refractivity contribution in [3.05, 3.63) is 62.6 Å². The molecule has 0 unspecified atom stereocenters. The van der Waals surface area contributed by atoms with Gasteiger partial charge in [-0.3, -0.25) is 9.59 Å². The van der Waals surface area contributed by atoms with Gasteiger partial charge in [-0.15, -0.1) is 0 Å². The van der Waals surface area contributed by atoms with Gasteiger partial charge in [-0.1, -0.05) is 53.0 Å². The third-order valence-corrected chi connectivity index (χ3v) is 4.23. The van der Waals surface area contributed by atoms with Crippen LogP contribution >= 0.6 is 34.8 Å². The van der Waals surface area contributed by atoms with E-state index in [1.54, 1.807) is 43.3 Å². The van der Waals surface area contributed by atoms with Gasteiger partial charge in [-0.05, 0) is 36.2 Å². The molecule has 0 bridgehead atoms. The molecule has 7 heteroatoms. The number of ether oxygens (including phenoxy) is 1. The zero-order valence-electron chi connectivity index (χ0n) is 12.7. The first-order chi connectivity index (χ1) is 11.4. The molecule has 0 saturated carbocycles. The Bertz CT molecular complexity index is 760. The molecule has 2 rings (SSSR count). The van der Waals surface area contributed by atoms with Crippen LogP contribution in [-0.2, 0) is 20.7 Å². The molecule has 0 radical (unpaired) electrons. The summed E-state index contributed by atoms with van der Waals surface area (Å²) < 4.78 is 4.95. The second kappa shape index (κ2) is 8.38. The van der Waals surface area contributed by atoms with Crippen molar-refractivity contribution in [2.24, 2.45) is 0 Å². The van der Waals surface area contributed by atoms with Gasteiger partial charge in [-0.25, -0.2) is 0 Å². The number of halogens is 3. The monoisotopic (exact) mass is 385 g/mol. The number of hydrogen-bond donors (Lipinski definition) is 1. The highest BCUT2D eigenvalue weighted by Crippen LogP contribution is 2.32. The normalized spacial score (nSPS) is 10.3. The molecule has 0 atom stereocenters. The summed E-state index contributed by atoms with van der Waals surface area (Å²) in [5.74, 6) is -1.04. The molecular weight excluding hydrogens is 373 g/mol. The van der Waals surface area contributed by atoms with Crippen LogP contribution < -0.4 is 5.32 Å². The van der Waals surface area contributed by atoms with Crippen LogP contribution in [0.15, 0.2) is 36.4 Å². The van der Waals surface area contributed by atoms with E-state index in [4.69, 9.17) is 39.5 Å². The van der Waals surface area contributed by atoms with Crippen LogP contribution in [-0.4, -0.2) is 18.5 Å². The van der Waals surface area contributed by atoms with E-state index in [0.717, 1.165) is 11.1 Å². The van der Waals surface area contributed by atoms with E-state index in [2.05, 4.69) is 5.32 Å². The Hall–Kier alpha value is -1.75. The van der Waals surface area contributed by atoms with Crippen LogP contribution in [0.1, 0.15) is 11.1 Å². The highest BCUT2D eigenvalue weighted by molar-refractivity contribution is 6.40. The van der Waals surface area contributed by atoms with Crippen molar-refractivity contribution in [3.63, 3.8) is 0 Å². The molecule has 0 saturated heterocycles. The highest BCUT2D eigenvalue weighted by atomic mass is 35.5. The molecule has 0 aliphatic heterocycles. The van der Waals surface area contributed by atoms with Gasteiger partial charge in [-0.2, -0.15) is 0 Å². The summed E-state index contributed by atoms with van der Waals surface area (Å²) in [6.07, 6.45) is 0.0520. The Morgan fingerprint density at radius 2 is 1.71 bits per heavy atom. The number of rotatable bonds is 5. The Morgan fingerprint density at radius 3 is 2.38 bits per heavy atom. The number of anilines is 1. The van der Waals surface area contributed by atoms with Gasteiger partial charge in [0, 0.05) is 5.02 Å². The first-order valence-corrected chi connectivity index (χ1v) is 8.14. The summed E-state index contributed by atoms with van der Waals surface area (Å²) in [5.41, 5.74) is 1.82. The molecule has 0 aliphatic rings. The summed E-state index contributed by atoms with van der Waals surface area (Å²) in [6, 6.07) is 10.2. The maximum absolute atomic E-state index is 11.9. The minimum Gasteiger partial charge on any atom is -0.455 e. The third-order valence-electron chi connectivity index (χ3n) is 3.17. The van der Waals surface area contributed by atoms with Gasteiger partial charge in [0.15, 0.2) is 6.61 Å². The molecule has 126 valence electrons. The van der Waals surface area contributed by atoms with E-state index in [0.29, 0.717) is 20.8 Å². The van der Waals surface area contributed by atoms with E-state index in [9.17, 15) is 9.59 Å².